The first-order valence-electron chi connectivity index (χ1n) is 7.65. The van der Waals surface area contributed by atoms with E-state index in [1.165, 1.54) is 16.7 Å². The number of benzene rings is 1. The summed E-state index contributed by atoms with van der Waals surface area (Å²) in [4.78, 5) is 29.5. The van der Waals surface area contributed by atoms with Crippen molar-refractivity contribution >= 4 is 27.1 Å². The van der Waals surface area contributed by atoms with Crippen LogP contribution in [0.1, 0.15) is 12.0 Å². The molecule has 2 aromatic heterocycles. The predicted octanol–water partition coefficient (Wildman–Crippen LogP) is 1.23. The Morgan fingerprint density at radius 1 is 1.20 bits per heavy atom. The first-order valence-corrected chi connectivity index (χ1v) is 8.44. The van der Waals surface area contributed by atoms with Gasteiger partial charge in [0.25, 0.3) is 5.56 Å². The molecule has 0 aliphatic carbocycles. The van der Waals surface area contributed by atoms with E-state index >= 15 is 0 Å². The summed E-state index contributed by atoms with van der Waals surface area (Å²) >= 11 is 3.33. The summed E-state index contributed by atoms with van der Waals surface area (Å²) < 4.78 is 17.5. The molecule has 132 valence electrons. The zero-order valence-corrected chi connectivity index (χ0v) is 15.0. The highest BCUT2D eigenvalue weighted by Crippen LogP contribution is 2.18. The minimum atomic E-state index is -0.482. The third kappa shape index (κ3) is 3.16. The zero-order chi connectivity index (χ0) is 18.1. The zero-order valence-electron chi connectivity index (χ0n) is 13.4. The quantitative estimate of drug-likeness (QED) is 0.641. The predicted molar refractivity (Wildman–Crippen MR) is 94.1 cm³/mol. The molecule has 9 heteroatoms. The van der Waals surface area contributed by atoms with Crippen LogP contribution in [0.5, 0.6) is 0 Å². The molecule has 3 rings (SSSR count). The number of aliphatic hydroxyl groups excluding tert-OH is 1. The van der Waals surface area contributed by atoms with Crippen LogP contribution in [0, 0.1) is 5.82 Å². The molecule has 0 radical (unpaired) electrons. The SMILES string of the molecule is Cn1c(=O)n(CCCO)c(=O)c2c1nc(Br)n2Cc1ccc(F)cc1. The Morgan fingerprint density at radius 3 is 2.52 bits per heavy atom. The second-order valence-electron chi connectivity index (χ2n) is 5.64. The Balaban J connectivity index is 2.20. The van der Waals surface area contributed by atoms with E-state index in [9.17, 15) is 14.0 Å². The summed E-state index contributed by atoms with van der Waals surface area (Å²) in [5, 5.41) is 8.99. The molecule has 0 aliphatic rings. The second kappa shape index (κ2) is 6.93. The van der Waals surface area contributed by atoms with Crippen LogP contribution in [-0.2, 0) is 20.1 Å². The van der Waals surface area contributed by atoms with Crippen LogP contribution in [0.3, 0.4) is 0 Å². The van der Waals surface area contributed by atoms with Crippen molar-refractivity contribution in [3.63, 3.8) is 0 Å². The van der Waals surface area contributed by atoms with E-state index in [4.69, 9.17) is 5.11 Å². The van der Waals surface area contributed by atoms with Gasteiger partial charge >= 0.3 is 5.69 Å². The molecule has 25 heavy (non-hydrogen) atoms. The van der Waals surface area contributed by atoms with Crippen LogP contribution in [0.25, 0.3) is 11.2 Å². The Labute approximate surface area is 150 Å². The third-order valence-electron chi connectivity index (χ3n) is 3.98. The highest BCUT2D eigenvalue weighted by Gasteiger charge is 2.19. The molecule has 1 aromatic carbocycles. The Morgan fingerprint density at radius 2 is 1.88 bits per heavy atom. The molecule has 0 bridgehead atoms. The number of aliphatic hydroxyl groups is 1. The molecule has 2 heterocycles. The molecule has 0 saturated carbocycles. The number of hydrogen-bond acceptors (Lipinski definition) is 4. The fourth-order valence-corrected chi connectivity index (χ4v) is 3.16. The van der Waals surface area contributed by atoms with Crippen molar-refractivity contribution in [3.05, 3.63) is 61.2 Å². The molecule has 0 unspecified atom stereocenters. The maximum Gasteiger partial charge on any atom is 0.332 e. The lowest BCUT2D eigenvalue weighted by atomic mass is 10.2. The van der Waals surface area contributed by atoms with Crippen molar-refractivity contribution in [1.29, 1.82) is 0 Å². The van der Waals surface area contributed by atoms with Crippen LogP contribution in [0.15, 0.2) is 38.6 Å². The number of hydrogen-bond donors (Lipinski definition) is 1. The molecule has 0 saturated heterocycles. The van der Waals surface area contributed by atoms with E-state index in [2.05, 4.69) is 20.9 Å². The average Bonchev–Trinajstić information content (AvgIpc) is 2.92. The normalized spacial score (nSPS) is 11.4. The van der Waals surface area contributed by atoms with Gasteiger partial charge in [-0.15, -0.1) is 0 Å². The fourth-order valence-electron chi connectivity index (χ4n) is 2.69. The standard InChI is InChI=1S/C16H16BrFN4O3/c1-20-13-12(14(24)21(16(20)25)7-2-8-23)22(15(17)19-13)9-10-3-5-11(18)6-4-10/h3-6,23H,2,7-9H2,1H3. The van der Waals surface area contributed by atoms with E-state index in [1.54, 1.807) is 23.7 Å². The summed E-state index contributed by atoms with van der Waals surface area (Å²) in [6, 6.07) is 5.94. The first-order chi connectivity index (χ1) is 11.9. The highest BCUT2D eigenvalue weighted by atomic mass is 79.9. The number of aryl methyl sites for hydroxylation is 1. The summed E-state index contributed by atoms with van der Waals surface area (Å²) in [5.41, 5.74) is 0.383. The molecule has 0 atom stereocenters. The Kier molecular flexibility index (Phi) is 4.87. The van der Waals surface area contributed by atoms with Gasteiger partial charge in [0, 0.05) is 20.2 Å². The number of rotatable bonds is 5. The lowest BCUT2D eigenvalue weighted by Gasteiger charge is -2.10. The molecule has 0 fully saturated rings. The monoisotopic (exact) mass is 410 g/mol. The van der Waals surface area contributed by atoms with Gasteiger partial charge < -0.3 is 9.67 Å². The molecular weight excluding hydrogens is 395 g/mol. The smallest absolute Gasteiger partial charge is 0.332 e. The number of nitrogens with zero attached hydrogens (tertiary/aromatic N) is 4. The van der Waals surface area contributed by atoms with Crippen LogP contribution >= 0.6 is 15.9 Å². The summed E-state index contributed by atoms with van der Waals surface area (Å²) in [6.07, 6.45) is 0.300. The van der Waals surface area contributed by atoms with Gasteiger partial charge in [0.15, 0.2) is 15.9 Å². The van der Waals surface area contributed by atoms with E-state index in [-0.39, 0.29) is 30.1 Å². The van der Waals surface area contributed by atoms with Crippen LogP contribution in [0.4, 0.5) is 4.39 Å². The number of aromatic nitrogens is 4. The van der Waals surface area contributed by atoms with Gasteiger partial charge in [-0.3, -0.25) is 13.9 Å². The van der Waals surface area contributed by atoms with E-state index < -0.39 is 11.2 Å². The van der Waals surface area contributed by atoms with E-state index in [1.807, 2.05) is 0 Å². The first kappa shape index (κ1) is 17.6. The van der Waals surface area contributed by atoms with Gasteiger partial charge in [-0.05, 0) is 40.0 Å². The van der Waals surface area contributed by atoms with Gasteiger partial charge in [-0.1, -0.05) is 12.1 Å². The molecule has 0 aliphatic heterocycles. The molecule has 0 amide bonds. The summed E-state index contributed by atoms with van der Waals surface area (Å²) in [5.74, 6) is -0.341. The van der Waals surface area contributed by atoms with Crippen molar-refractivity contribution in [1.82, 2.24) is 18.7 Å². The largest absolute Gasteiger partial charge is 0.396 e. The number of imidazole rings is 1. The fraction of sp³-hybridized carbons (Fsp3) is 0.312. The van der Waals surface area contributed by atoms with Gasteiger partial charge in [-0.25, -0.2) is 14.2 Å². The highest BCUT2D eigenvalue weighted by molar-refractivity contribution is 9.10. The van der Waals surface area contributed by atoms with E-state index in [0.717, 1.165) is 10.1 Å². The maximum atomic E-state index is 13.1. The molecule has 3 aromatic rings. The van der Waals surface area contributed by atoms with Crippen LogP contribution in [0.2, 0.25) is 0 Å². The second-order valence-corrected chi connectivity index (χ2v) is 6.35. The minimum Gasteiger partial charge on any atom is -0.396 e. The minimum absolute atomic E-state index is 0.119. The molecule has 1 N–H and O–H groups in total. The van der Waals surface area contributed by atoms with Crippen LogP contribution in [-0.4, -0.2) is 30.4 Å². The lowest BCUT2D eigenvalue weighted by molar-refractivity contribution is 0.277. The molecular formula is C16H16BrFN4O3. The topological polar surface area (TPSA) is 82.0 Å². The van der Waals surface area contributed by atoms with Crippen molar-refractivity contribution in [2.75, 3.05) is 6.61 Å². The van der Waals surface area contributed by atoms with Crippen molar-refractivity contribution in [3.8, 4) is 0 Å². The Hall–Kier alpha value is -2.26. The van der Waals surface area contributed by atoms with E-state index in [0.29, 0.717) is 17.7 Å². The van der Waals surface area contributed by atoms with Gasteiger partial charge in [0.2, 0.25) is 0 Å². The molecule has 7 nitrogen and oxygen atoms in total. The Bertz CT molecular complexity index is 1040. The van der Waals surface area contributed by atoms with Crippen molar-refractivity contribution < 1.29 is 9.50 Å². The van der Waals surface area contributed by atoms with Crippen LogP contribution < -0.4 is 11.2 Å². The van der Waals surface area contributed by atoms with Crippen molar-refractivity contribution in [2.24, 2.45) is 7.05 Å². The maximum absolute atomic E-state index is 13.1. The average molecular weight is 411 g/mol. The van der Waals surface area contributed by atoms with Gasteiger partial charge in [0.05, 0.1) is 6.54 Å². The molecule has 0 spiro atoms. The number of fused-ring (bicyclic) bond motifs is 1. The number of halogens is 2. The van der Waals surface area contributed by atoms with Gasteiger partial charge in [0.1, 0.15) is 5.82 Å². The van der Waals surface area contributed by atoms with Crippen molar-refractivity contribution in [2.45, 2.75) is 19.5 Å². The summed E-state index contributed by atoms with van der Waals surface area (Å²) in [7, 11) is 1.54. The van der Waals surface area contributed by atoms with Gasteiger partial charge in [-0.2, -0.15) is 0 Å². The lowest BCUT2D eigenvalue weighted by Crippen LogP contribution is -2.39. The summed E-state index contributed by atoms with van der Waals surface area (Å²) in [6.45, 7) is 0.300. The third-order valence-corrected chi connectivity index (χ3v) is 4.59.